The first kappa shape index (κ1) is 37.7. The number of fused-ring (bicyclic) bond motifs is 11. The van der Waals surface area contributed by atoms with Gasteiger partial charge in [-0.05, 0) is 107 Å². The zero-order chi connectivity index (χ0) is 44.0. The first-order valence-electron chi connectivity index (χ1n) is 22.6. The topological polar surface area (TPSA) is 34.5 Å². The number of nitrogens with zero attached hydrogens (tertiary/aromatic N) is 2. The number of hydrogen-bond acceptors (Lipinski definition) is 4. The third kappa shape index (κ3) is 5.99. The van der Waals surface area contributed by atoms with Gasteiger partial charge in [0.15, 0.2) is 0 Å². The molecule has 0 spiro atoms. The van der Waals surface area contributed by atoms with E-state index in [0.29, 0.717) is 0 Å². The lowest BCUT2D eigenvalue weighted by Crippen LogP contribution is -2.09. The van der Waals surface area contributed by atoms with Crippen molar-refractivity contribution in [3.8, 4) is 39.1 Å². The predicted molar refractivity (Wildman–Crippen MR) is 282 cm³/mol. The molecule has 0 bridgehead atoms. The van der Waals surface area contributed by atoms with E-state index in [0.717, 1.165) is 94.5 Å². The van der Waals surface area contributed by atoms with Crippen LogP contribution in [0, 0.1) is 0 Å². The molecule has 4 aromatic heterocycles. The number of aromatic nitrogens is 1. The average molecular weight is 875 g/mol. The SMILES string of the molecule is c1ccc(-n2c3ccccc3c3c4ccc(-c5ccc(N(c6ccc(-c7cccc8c7oc7ccccc78)cc6)c6ccc(-c7cccc8c7sc7ccccc78)cc6)cc5)cc4oc32)cc1. The third-order valence-electron chi connectivity index (χ3n) is 13.4. The minimum Gasteiger partial charge on any atom is -0.455 e. The number of para-hydroxylation sites is 4. The molecular formula is C62H38N2O2S. The van der Waals surface area contributed by atoms with Crippen molar-refractivity contribution < 1.29 is 8.83 Å². The summed E-state index contributed by atoms with van der Waals surface area (Å²) < 4.78 is 18.1. The molecule has 0 saturated heterocycles. The molecule has 0 aliphatic carbocycles. The van der Waals surface area contributed by atoms with Gasteiger partial charge in [0.05, 0.1) is 10.9 Å². The van der Waals surface area contributed by atoms with Crippen molar-refractivity contribution in [2.45, 2.75) is 0 Å². The highest BCUT2D eigenvalue weighted by atomic mass is 32.1. The predicted octanol–water partition coefficient (Wildman–Crippen LogP) is 18.3. The van der Waals surface area contributed by atoms with Crippen LogP contribution in [0.15, 0.2) is 239 Å². The van der Waals surface area contributed by atoms with Crippen molar-refractivity contribution in [3.05, 3.63) is 231 Å². The Kier molecular flexibility index (Phi) is 8.42. The van der Waals surface area contributed by atoms with E-state index in [-0.39, 0.29) is 0 Å². The highest BCUT2D eigenvalue weighted by Gasteiger charge is 2.21. The molecule has 0 radical (unpaired) electrons. The van der Waals surface area contributed by atoms with Gasteiger partial charge in [-0.15, -0.1) is 11.3 Å². The lowest BCUT2D eigenvalue weighted by atomic mass is 10.0. The zero-order valence-electron chi connectivity index (χ0n) is 36.1. The number of hydrogen-bond donors (Lipinski definition) is 0. The maximum Gasteiger partial charge on any atom is 0.213 e. The lowest BCUT2D eigenvalue weighted by molar-refractivity contribution is 0.645. The van der Waals surface area contributed by atoms with E-state index in [2.05, 4.69) is 222 Å². The van der Waals surface area contributed by atoms with Crippen LogP contribution in [0.4, 0.5) is 17.1 Å². The Morgan fingerprint density at radius 2 is 0.955 bits per heavy atom. The molecule has 314 valence electrons. The van der Waals surface area contributed by atoms with Gasteiger partial charge in [0.2, 0.25) is 5.71 Å². The molecule has 0 N–H and O–H groups in total. The first-order chi connectivity index (χ1) is 33.2. The van der Waals surface area contributed by atoms with Gasteiger partial charge in [-0.25, -0.2) is 0 Å². The lowest BCUT2D eigenvalue weighted by Gasteiger charge is -2.26. The van der Waals surface area contributed by atoms with Crippen LogP contribution >= 0.6 is 11.3 Å². The molecule has 10 aromatic carbocycles. The minimum absolute atomic E-state index is 0.859. The van der Waals surface area contributed by atoms with Crippen molar-refractivity contribution in [2.24, 2.45) is 0 Å². The quantitative estimate of drug-likeness (QED) is 0.160. The van der Waals surface area contributed by atoms with E-state index in [1.165, 1.54) is 36.7 Å². The Morgan fingerprint density at radius 3 is 1.72 bits per heavy atom. The molecule has 14 rings (SSSR count). The zero-order valence-corrected chi connectivity index (χ0v) is 36.9. The van der Waals surface area contributed by atoms with E-state index >= 15 is 0 Å². The van der Waals surface area contributed by atoms with Gasteiger partial charge in [-0.1, -0.05) is 152 Å². The van der Waals surface area contributed by atoms with Gasteiger partial charge in [-0.2, -0.15) is 0 Å². The number of furan rings is 2. The highest BCUT2D eigenvalue weighted by Crippen LogP contribution is 2.44. The summed E-state index contributed by atoms with van der Waals surface area (Å²) in [6.07, 6.45) is 0. The first-order valence-corrected chi connectivity index (χ1v) is 23.5. The fraction of sp³-hybridized carbons (Fsp3) is 0. The molecular weight excluding hydrogens is 837 g/mol. The number of anilines is 3. The van der Waals surface area contributed by atoms with Gasteiger partial charge in [0.25, 0.3) is 0 Å². The maximum atomic E-state index is 6.77. The van der Waals surface area contributed by atoms with Crippen molar-refractivity contribution in [3.63, 3.8) is 0 Å². The number of rotatable bonds is 7. The van der Waals surface area contributed by atoms with E-state index in [9.17, 15) is 0 Å². The summed E-state index contributed by atoms with van der Waals surface area (Å²) in [6, 6.07) is 82.5. The average Bonchev–Trinajstić information content (AvgIpc) is 4.16. The van der Waals surface area contributed by atoms with Gasteiger partial charge in [-0.3, -0.25) is 4.57 Å². The summed E-state index contributed by atoms with van der Waals surface area (Å²) in [5.41, 5.74) is 15.8. The summed E-state index contributed by atoms with van der Waals surface area (Å²) in [5, 5.41) is 8.30. The van der Waals surface area contributed by atoms with Crippen molar-refractivity contribution in [1.82, 2.24) is 4.57 Å². The molecule has 0 aliphatic rings. The van der Waals surface area contributed by atoms with Crippen LogP contribution in [0.5, 0.6) is 0 Å². The summed E-state index contributed by atoms with van der Waals surface area (Å²) in [7, 11) is 0. The Hall–Kier alpha value is -8.64. The van der Waals surface area contributed by atoms with E-state index < -0.39 is 0 Å². The molecule has 0 amide bonds. The van der Waals surface area contributed by atoms with E-state index in [1.54, 1.807) is 0 Å². The van der Waals surface area contributed by atoms with Gasteiger partial charge < -0.3 is 13.7 Å². The second kappa shape index (κ2) is 15.0. The molecule has 0 aliphatic heterocycles. The standard InChI is InChI=1S/C62H38N2O2S/c1-2-12-43(13-3-1)64-55-21-7-4-16-53(55)59-54-37-30-42(38-57(54)66-62(59)64)39-24-31-44(32-25-39)63(45-33-26-40(27-34-45)47-17-10-19-51-49-14-5-8-22-56(49)65-60(47)51)46-35-28-41(29-36-46)48-18-11-20-52-50-15-6-9-23-58(50)67-61(48)52/h1-38H. The van der Waals surface area contributed by atoms with Crippen molar-refractivity contribution >= 4 is 103 Å². The summed E-state index contributed by atoms with van der Waals surface area (Å²) >= 11 is 1.87. The Labute approximate surface area is 389 Å². The van der Waals surface area contributed by atoms with Gasteiger partial charge >= 0.3 is 0 Å². The van der Waals surface area contributed by atoms with Crippen LogP contribution in [0.25, 0.3) is 114 Å². The van der Waals surface area contributed by atoms with Crippen molar-refractivity contribution in [2.75, 3.05) is 4.90 Å². The van der Waals surface area contributed by atoms with Crippen LogP contribution in [0.3, 0.4) is 0 Å². The Morgan fingerprint density at radius 1 is 0.373 bits per heavy atom. The van der Waals surface area contributed by atoms with Crippen LogP contribution < -0.4 is 4.90 Å². The molecule has 4 nitrogen and oxygen atoms in total. The third-order valence-corrected chi connectivity index (χ3v) is 14.7. The number of thiophene rings is 1. The van der Waals surface area contributed by atoms with Crippen LogP contribution in [0.2, 0.25) is 0 Å². The van der Waals surface area contributed by atoms with E-state index in [1.807, 2.05) is 29.5 Å². The summed E-state index contributed by atoms with van der Waals surface area (Å²) in [6.45, 7) is 0. The molecule has 0 saturated carbocycles. The van der Waals surface area contributed by atoms with Crippen molar-refractivity contribution in [1.29, 1.82) is 0 Å². The molecule has 5 heteroatoms. The fourth-order valence-electron chi connectivity index (χ4n) is 10.3. The van der Waals surface area contributed by atoms with E-state index in [4.69, 9.17) is 8.83 Å². The second-order valence-electron chi connectivity index (χ2n) is 17.2. The summed E-state index contributed by atoms with van der Waals surface area (Å²) in [5.74, 6) is 0. The highest BCUT2D eigenvalue weighted by molar-refractivity contribution is 7.26. The summed E-state index contributed by atoms with van der Waals surface area (Å²) in [4.78, 5) is 2.34. The molecule has 0 unspecified atom stereocenters. The van der Waals surface area contributed by atoms with Crippen LogP contribution in [0.1, 0.15) is 0 Å². The monoisotopic (exact) mass is 874 g/mol. The van der Waals surface area contributed by atoms with Crippen LogP contribution in [-0.2, 0) is 0 Å². The molecule has 4 heterocycles. The fourth-order valence-corrected chi connectivity index (χ4v) is 11.5. The molecule has 14 aromatic rings. The molecule has 0 atom stereocenters. The minimum atomic E-state index is 0.859. The largest absolute Gasteiger partial charge is 0.455 e. The smallest absolute Gasteiger partial charge is 0.213 e. The normalized spacial score (nSPS) is 11.9. The molecule has 0 fully saturated rings. The van der Waals surface area contributed by atoms with Gasteiger partial charge in [0, 0.05) is 70.0 Å². The second-order valence-corrected chi connectivity index (χ2v) is 18.3. The van der Waals surface area contributed by atoms with Crippen LogP contribution in [-0.4, -0.2) is 4.57 Å². The Balaban J connectivity index is 0.855. The number of benzene rings is 10. The maximum absolute atomic E-state index is 6.77. The molecule has 67 heavy (non-hydrogen) atoms. The van der Waals surface area contributed by atoms with Gasteiger partial charge in [0.1, 0.15) is 16.7 Å². The Bertz CT molecular complexity index is 4040.